The molecule has 2 aliphatic rings. The molecule has 2 aromatic rings. The summed E-state index contributed by atoms with van der Waals surface area (Å²) in [4.78, 5) is 37.8. The zero-order chi connectivity index (χ0) is 20.2. The number of carbonyl (C=O) groups excluding carboxylic acids is 3. The Labute approximate surface area is 167 Å². The van der Waals surface area contributed by atoms with Gasteiger partial charge in [0.2, 0.25) is 17.8 Å². The number of hydrogen-bond acceptors (Lipinski definition) is 6. The van der Waals surface area contributed by atoms with E-state index in [0.717, 1.165) is 12.8 Å². The lowest BCUT2D eigenvalue weighted by atomic mass is 10.1. The minimum absolute atomic E-state index is 0.0283. The molecule has 0 unspecified atom stereocenters. The Morgan fingerprint density at radius 3 is 2.31 bits per heavy atom. The molecule has 1 aliphatic heterocycles. The van der Waals surface area contributed by atoms with E-state index in [2.05, 4.69) is 10.6 Å². The predicted octanol–water partition coefficient (Wildman–Crippen LogP) is 2.47. The van der Waals surface area contributed by atoms with Gasteiger partial charge in [0.1, 0.15) is 0 Å². The Morgan fingerprint density at radius 1 is 1.00 bits per heavy atom. The van der Waals surface area contributed by atoms with E-state index in [-0.39, 0.29) is 24.1 Å². The molecule has 0 aromatic heterocycles. The number of rotatable bonds is 7. The van der Waals surface area contributed by atoms with Crippen molar-refractivity contribution in [3.63, 3.8) is 0 Å². The van der Waals surface area contributed by atoms with Crippen molar-refractivity contribution < 1.29 is 23.9 Å². The summed E-state index contributed by atoms with van der Waals surface area (Å²) in [6, 6.07) is 17.9. The number of anilines is 1. The van der Waals surface area contributed by atoms with Gasteiger partial charge in [-0.25, -0.2) is 4.79 Å². The highest BCUT2D eigenvalue weighted by Gasteiger charge is 2.37. The number of nitrogens with one attached hydrogen (secondary N) is 2. The number of hydrogen-bond donors (Lipinski definition) is 2. The molecule has 0 saturated heterocycles. The van der Waals surface area contributed by atoms with E-state index in [1.54, 1.807) is 42.5 Å². The summed E-state index contributed by atoms with van der Waals surface area (Å²) in [6.07, 6.45) is 0.663. The Kier molecular flexibility index (Phi) is 5.29. The van der Waals surface area contributed by atoms with Crippen LogP contribution in [0.25, 0.3) is 0 Å². The molecule has 7 nitrogen and oxygen atoms in total. The molecule has 29 heavy (non-hydrogen) atoms. The van der Waals surface area contributed by atoms with Crippen molar-refractivity contribution in [2.45, 2.75) is 25.0 Å². The lowest BCUT2D eigenvalue weighted by Crippen LogP contribution is -2.34. The monoisotopic (exact) mass is 392 g/mol. The summed E-state index contributed by atoms with van der Waals surface area (Å²) in [6.45, 7) is -0.260. The minimum Gasteiger partial charge on any atom is -0.470 e. The van der Waals surface area contributed by atoms with Crippen LogP contribution < -0.4 is 10.6 Å². The Bertz CT molecular complexity index is 952. The van der Waals surface area contributed by atoms with Crippen LogP contribution in [-0.2, 0) is 23.9 Å². The van der Waals surface area contributed by atoms with Crippen LogP contribution in [0.4, 0.5) is 5.69 Å². The van der Waals surface area contributed by atoms with E-state index in [1.807, 2.05) is 18.2 Å². The van der Waals surface area contributed by atoms with Gasteiger partial charge in [-0.1, -0.05) is 48.5 Å². The maximum absolute atomic E-state index is 12.8. The van der Waals surface area contributed by atoms with Crippen LogP contribution >= 0.6 is 0 Å². The fourth-order valence-corrected chi connectivity index (χ4v) is 2.94. The molecular weight excluding hydrogens is 372 g/mol. The topological polar surface area (TPSA) is 93.7 Å². The van der Waals surface area contributed by atoms with Crippen molar-refractivity contribution in [1.29, 1.82) is 0 Å². The van der Waals surface area contributed by atoms with E-state index in [9.17, 15) is 14.4 Å². The number of ether oxygens (including phenoxy) is 2. The normalized spacial score (nSPS) is 16.8. The average molecular weight is 392 g/mol. The first kappa shape index (κ1) is 18.7. The van der Waals surface area contributed by atoms with Crippen molar-refractivity contribution in [3.8, 4) is 0 Å². The van der Waals surface area contributed by atoms with E-state index < -0.39 is 23.8 Å². The minimum atomic E-state index is -1.15. The van der Waals surface area contributed by atoms with Gasteiger partial charge >= 0.3 is 5.97 Å². The standard InChI is InChI=1S/C22H20N2O5/c25-17-13-28-21(24-15-9-5-2-6-10-15)18(17)22(27)29-19(14-7-3-1-4-8-14)20(26)23-16-11-12-16/h1-10,16,19,24H,11-13H2,(H,23,26)/t19-/m0/s1. The Hall–Kier alpha value is -3.61. The third-order valence-electron chi connectivity index (χ3n) is 4.58. The largest absolute Gasteiger partial charge is 0.470 e. The molecular formula is C22H20N2O5. The molecule has 1 amide bonds. The van der Waals surface area contributed by atoms with E-state index in [4.69, 9.17) is 9.47 Å². The second-order valence-electron chi connectivity index (χ2n) is 6.89. The quantitative estimate of drug-likeness (QED) is 0.555. The summed E-state index contributed by atoms with van der Waals surface area (Å²) < 4.78 is 10.8. The SMILES string of the molecule is O=C1COC(Nc2ccccc2)=C1C(=O)O[C@H](C(=O)NC1CC1)c1ccccc1. The molecule has 1 fully saturated rings. The number of Topliss-reactive ketones (excluding diaryl/α,β-unsaturated/α-hetero) is 1. The molecule has 1 atom stereocenters. The van der Waals surface area contributed by atoms with E-state index >= 15 is 0 Å². The number of benzene rings is 2. The third-order valence-corrected chi connectivity index (χ3v) is 4.58. The van der Waals surface area contributed by atoms with Crippen molar-refractivity contribution >= 4 is 23.3 Å². The number of amides is 1. The van der Waals surface area contributed by atoms with Crippen LogP contribution in [-0.4, -0.2) is 30.3 Å². The molecule has 2 N–H and O–H groups in total. The van der Waals surface area contributed by atoms with Gasteiger partial charge in [0.15, 0.2) is 12.2 Å². The van der Waals surface area contributed by atoms with Crippen LogP contribution in [0.5, 0.6) is 0 Å². The lowest BCUT2D eigenvalue weighted by Gasteiger charge is -2.18. The first-order valence-corrected chi connectivity index (χ1v) is 9.40. The van der Waals surface area contributed by atoms with Gasteiger partial charge in [-0.15, -0.1) is 0 Å². The van der Waals surface area contributed by atoms with Gasteiger partial charge in [-0.2, -0.15) is 0 Å². The molecule has 1 aliphatic carbocycles. The van der Waals surface area contributed by atoms with Crippen LogP contribution in [0.2, 0.25) is 0 Å². The van der Waals surface area contributed by atoms with E-state index in [0.29, 0.717) is 11.3 Å². The lowest BCUT2D eigenvalue weighted by molar-refractivity contribution is -0.153. The molecule has 2 aromatic carbocycles. The molecule has 4 rings (SSSR count). The second kappa shape index (κ2) is 8.18. The summed E-state index contributed by atoms with van der Waals surface area (Å²) in [5.74, 6) is -1.77. The highest BCUT2D eigenvalue weighted by atomic mass is 16.6. The summed E-state index contributed by atoms with van der Waals surface area (Å²) in [7, 11) is 0. The van der Waals surface area contributed by atoms with Gasteiger partial charge in [-0.05, 0) is 25.0 Å². The van der Waals surface area contributed by atoms with Gasteiger partial charge in [0, 0.05) is 17.3 Å². The highest BCUT2D eigenvalue weighted by Crippen LogP contribution is 2.26. The van der Waals surface area contributed by atoms with Crippen molar-refractivity contribution in [2.24, 2.45) is 0 Å². The molecule has 7 heteroatoms. The number of carbonyl (C=O) groups is 3. The van der Waals surface area contributed by atoms with Crippen LogP contribution in [0.3, 0.4) is 0 Å². The highest BCUT2D eigenvalue weighted by molar-refractivity contribution is 6.20. The molecule has 148 valence electrons. The smallest absolute Gasteiger partial charge is 0.348 e. The van der Waals surface area contributed by atoms with Gasteiger partial charge in [0.05, 0.1) is 0 Å². The molecule has 1 heterocycles. The van der Waals surface area contributed by atoms with Crippen molar-refractivity contribution in [3.05, 3.63) is 77.7 Å². The number of esters is 1. The zero-order valence-corrected chi connectivity index (χ0v) is 15.6. The van der Waals surface area contributed by atoms with E-state index in [1.165, 1.54) is 0 Å². The second-order valence-corrected chi connectivity index (χ2v) is 6.89. The Balaban J connectivity index is 1.57. The summed E-state index contributed by atoms with van der Waals surface area (Å²) in [5, 5.41) is 5.77. The van der Waals surface area contributed by atoms with Crippen LogP contribution in [0.1, 0.15) is 24.5 Å². The molecule has 0 radical (unpaired) electrons. The summed E-state index contributed by atoms with van der Waals surface area (Å²) >= 11 is 0. The number of ketones is 1. The maximum atomic E-state index is 12.8. The zero-order valence-electron chi connectivity index (χ0n) is 15.6. The van der Waals surface area contributed by atoms with Crippen molar-refractivity contribution in [1.82, 2.24) is 5.32 Å². The number of para-hydroxylation sites is 1. The fourth-order valence-electron chi connectivity index (χ4n) is 2.94. The predicted molar refractivity (Wildman–Crippen MR) is 104 cm³/mol. The average Bonchev–Trinajstić information content (AvgIpc) is 3.48. The maximum Gasteiger partial charge on any atom is 0.348 e. The van der Waals surface area contributed by atoms with Gasteiger partial charge in [0.25, 0.3) is 5.91 Å². The molecule has 1 saturated carbocycles. The van der Waals surface area contributed by atoms with Crippen LogP contribution in [0.15, 0.2) is 72.1 Å². The van der Waals surface area contributed by atoms with Crippen LogP contribution in [0, 0.1) is 0 Å². The molecule has 0 spiro atoms. The van der Waals surface area contributed by atoms with Crippen molar-refractivity contribution in [2.75, 3.05) is 11.9 Å². The summed E-state index contributed by atoms with van der Waals surface area (Å²) in [5.41, 5.74) is 0.964. The third kappa shape index (κ3) is 4.45. The molecule has 0 bridgehead atoms. The van der Waals surface area contributed by atoms with Gasteiger partial charge in [-0.3, -0.25) is 9.59 Å². The first-order valence-electron chi connectivity index (χ1n) is 9.40. The fraction of sp³-hybridized carbons (Fsp3) is 0.227. The van der Waals surface area contributed by atoms with Gasteiger partial charge < -0.3 is 20.1 Å². The first-order chi connectivity index (χ1) is 14.1. The Morgan fingerprint density at radius 2 is 1.66 bits per heavy atom.